The first-order valence-electron chi connectivity index (χ1n) is 9.48. The summed E-state index contributed by atoms with van der Waals surface area (Å²) in [6.07, 6.45) is 0. The summed E-state index contributed by atoms with van der Waals surface area (Å²) in [4.78, 5) is 13.7. The molecule has 0 aliphatic heterocycles. The van der Waals surface area contributed by atoms with Crippen LogP contribution >= 0.6 is 0 Å². The molecular formula is C24H21N3O3. The molecule has 3 aromatic carbocycles. The molecule has 0 fully saturated rings. The minimum atomic E-state index is -0.146. The van der Waals surface area contributed by atoms with E-state index in [-0.39, 0.29) is 23.1 Å². The summed E-state index contributed by atoms with van der Waals surface area (Å²) in [6.45, 7) is 5.88. The SMILES string of the molecule is Cc1ccc(-c2nc(-c3ccc(C)cc3O)nc(-c3ccc(O)cc3O)n2)c(C)c1. The summed E-state index contributed by atoms with van der Waals surface area (Å²) in [6, 6.07) is 15.5. The van der Waals surface area contributed by atoms with Gasteiger partial charge in [0.05, 0.1) is 11.1 Å². The fraction of sp³-hybridized carbons (Fsp3) is 0.125. The molecule has 0 aliphatic carbocycles. The number of phenols is 3. The summed E-state index contributed by atoms with van der Waals surface area (Å²) in [5, 5.41) is 30.4. The molecule has 0 spiro atoms. The van der Waals surface area contributed by atoms with Crippen molar-refractivity contribution in [2.75, 3.05) is 0 Å². The molecule has 0 bridgehead atoms. The van der Waals surface area contributed by atoms with Crippen LogP contribution < -0.4 is 0 Å². The van der Waals surface area contributed by atoms with E-state index in [0.29, 0.717) is 22.8 Å². The predicted octanol–water partition coefficient (Wildman–Crippen LogP) is 4.91. The zero-order chi connectivity index (χ0) is 21.4. The summed E-state index contributed by atoms with van der Waals surface area (Å²) in [5.41, 5.74) is 4.69. The van der Waals surface area contributed by atoms with E-state index < -0.39 is 0 Å². The maximum Gasteiger partial charge on any atom is 0.167 e. The number of aromatic hydroxyl groups is 3. The van der Waals surface area contributed by atoms with Gasteiger partial charge in [-0.15, -0.1) is 0 Å². The van der Waals surface area contributed by atoms with Gasteiger partial charge in [0.15, 0.2) is 17.5 Å². The number of rotatable bonds is 3. The van der Waals surface area contributed by atoms with Crippen molar-refractivity contribution >= 4 is 0 Å². The molecule has 1 aromatic heterocycles. The zero-order valence-corrected chi connectivity index (χ0v) is 16.9. The predicted molar refractivity (Wildman–Crippen MR) is 115 cm³/mol. The van der Waals surface area contributed by atoms with Crippen LogP contribution in [-0.4, -0.2) is 30.3 Å². The number of aryl methyl sites for hydroxylation is 3. The van der Waals surface area contributed by atoms with E-state index in [0.717, 1.165) is 22.3 Å². The van der Waals surface area contributed by atoms with Crippen molar-refractivity contribution < 1.29 is 15.3 Å². The molecular weight excluding hydrogens is 378 g/mol. The van der Waals surface area contributed by atoms with Crippen LogP contribution in [0.1, 0.15) is 16.7 Å². The average molecular weight is 399 g/mol. The van der Waals surface area contributed by atoms with Crippen LogP contribution in [0.25, 0.3) is 34.2 Å². The molecule has 6 heteroatoms. The summed E-state index contributed by atoms with van der Waals surface area (Å²) in [5.74, 6) is 0.823. The second-order valence-electron chi connectivity index (χ2n) is 7.35. The Morgan fingerprint density at radius 3 is 1.53 bits per heavy atom. The molecule has 0 amide bonds. The third kappa shape index (κ3) is 3.67. The number of benzene rings is 3. The van der Waals surface area contributed by atoms with Gasteiger partial charge in [-0.2, -0.15) is 0 Å². The van der Waals surface area contributed by atoms with Gasteiger partial charge < -0.3 is 15.3 Å². The summed E-state index contributed by atoms with van der Waals surface area (Å²) < 4.78 is 0. The van der Waals surface area contributed by atoms with Gasteiger partial charge in [0.25, 0.3) is 0 Å². The summed E-state index contributed by atoms with van der Waals surface area (Å²) in [7, 11) is 0. The number of hydrogen-bond donors (Lipinski definition) is 3. The van der Waals surface area contributed by atoms with Crippen molar-refractivity contribution in [3.05, 3.63) is 71.3 Å². The lowest BCUT2D eigenvalue weighted by Gasteiger charge is -2.12. The van der Waals surface area contributed by atoms with E-state index in [1.165, 1.54) is 12.1 Å². The second kappa shape index (κ2) is 7.48. The molecule has 150 valence electrons. The minimum absolute atomic E-state index is 0.0590. The smallest absolute Gasteiger partial charge is 0.167 e. The van der Waals surface area contributed by atoms with Crippen LogP contribution in [0.4, 0.5) is 0 Å². The van der Waals surface area contributed by atoms with Gasteiger partial charge in [-0.3, -0.25) is 0 Å². The molecule has 0 aliphatic rings. The average Bonchev–Trinajstić information content (AvgIpc) is 2.67. The second-order valence-corrected chi connectivity index (χ2v) is 7.35. The third-order valence-electron chi connectivity index (χ3n) is 4.87. The topological polar surface area (TPSA) is 99.4 Å². The Morgan fingerprint density at radius 2 is 1.00 bits per heavy atom. The number of nitrogens with zero attached hydrogens (tertiary/aromatic N) is 3. The highest BCUT2D eigenvalue weighted by atomic mass is 16.3. The first-order chi connectivity index (χ1) is 14.3. The van der Waals surface area contributed by atoms with E-state index in [1.807, 2.05) is 45.0 Å². The van der Waals surface area contributed by atoms with Crippen molar-refractivity contribution in [1.82, 2.24) is 15.0 Å². The van der Waals surface area contributed by atoms with Gasteiger partial charge in [0.1, 0.15) is 17.2 Å². The third-order valence-corrected chi connectivity index (χ3v) is 4.87. The highest BCUT2D eigenvalue weighted by molar-refractivity contribution is 5.73. The molecule has 0 atom stereocenters. The van der Waals surface area contributed by atoms with Gasteiger partial charge in [-0.1, -0.05) is 29.8 Å². The highest BCUT2D eigenvalue weighted by Crippen LogP contribution is 2.34. The van der Waals surface area contributed by atoms with Crippen LogP contribution in [-0.2, 0) is 0 Å². The molecule has 30 heavy (non-hydrogen) atoms. The number of aromatic nitrogens is 3. The molecule has 4 aromatic rings. The molecule has 3 N–H and O–H groups in total. The lowest BCUT2D eigenvalue weighted by Crippen LogP contribution is -2.01. The lowest BCUT2D eigenvalue weighted by atomic mass is 10.0. The minimum Gasteiger partial charge on any atom is -0.508 e. The van der Waals surface area contributed by atoms with Crippen LogP contribution in [0, 0.1) is 20.8 Å². The van der Waals surface area contributed by atoms with Crippen LogP contribution in [0.15, 0.2) is 54.6 Å². The Kier molecular flexibility index (Phi) is 4.83. The Hall–Kier alpha value is -3.93. The van der Waals surface area contributed by atoms with Crippen molar-refractivity contribution in [3.8, 4) is 51.4 Å². The van der Waals surface area contributed by atoms with Gasteiger partial charge in [0, 0.05) is 11.6 Å². The fourth-order valence-electron chi connectivity index (χ4n) is 3.34. The molecule has 0 radical (unpaired) electrons. The molecule has 0 saturated heterocycles. The summed E-state index contributed by atoms with van der Waals surface area (Å²) >= 11 is 0. The fourth-order valence-corrected chi connectivity index (χ4v) is 3.34. The first kappa shape index (κ1) is 19.4. The number of hydrogen-bond acceptors (Lipinski definition) is 6. The highest BCUT2D eigenvalue weighted by Gasteiger charge is 2.17. The van der Waals surface area contributed by atoms with Crippen molar-refractivity contribution in [2.24, 2.45) is 0 Å². The van der Waals surface area contributed by atoms with E-state index in [2.05, 4.69) is 15.0 Å². The van der Waals surface area contributed by atoms with E-state index in [9.17, 15) is 15.3 Å². The van der Waals surface area contributed by atoms with Crippen LogP contribution in [0.5, 0.6) is 17.2 Å². The molecule has 0 unspecified atom stereocenters. The maximum atomic E-state index is 10.5. The normalized spacial score (nSPS) is 10.9. The Bertz CT molecular complexity index is 1100. The Morgan fingerprint density at radius 1 is 0.533 bits per heavy atom. The van der Waals surface area contributed by atoms with Gasteiger partial charge in [-0.25, -0.2) is 15.0 Å². The Balaban J connectivity index is 1.98. The lowest BCUT2D eigenvalue weighted by molar-refractivity contribution is 0.451. The maximum absolute atomic E-state index is 10.5. The van der Waals surface area contributed by atoms with Crippen LogP contribution in [0.2, 0.25) is 0 Å². The zero-order valence-electron chi connectivity index (χ0n) is 16.9. The van der Waals surface area contributed by atoms with Gasteiger partial charge in [0.2, 0.25) is 0 Å². The molecule has 6 nitrogen and oxygen atoms in total. The van der Waals surface area contributed by atoms with Crippen molar-refractivity contribution in [1.29, 1.82) is 0 Å². The van der Waals surface area contributed by atoms with Gasteiger partial charge >= 0.3 is 0 Å². The van der Waals surface area contributed by atoms with Crippen molar-refractivity contribution in [2.45, 2.75) is 20.8 Å². The number of phenolic OH excluding ortho intramolecular Hbond substituents is 3. The van der Waals surface area contributed by atoms with E-state index in [4.69, 9.17) is 0 Å². The van der Waals surface area contributed by atoms with Crippen LogP contribution in [0.3, 0.4) is 0 Å². The molecule has 4 rings (SSSR count). The monoisotopic (exact) mass is 399 g/mol. The van der Waals surface area contributed by atoms with Gasteiger partial charge in [-0.05, 0) is 56.2 Å². The van der Waals surface area contributed by atoms with E-state index in [1.54, 1.807) is 18.2 Å². The van der Waals surface area contributed by atoms with E-state index >= 15 is 0 Å². The first-order valence-corrected chi connectivity index (χ1v) is 9.48. The molecule has 0 saturated carbocycles. The quantitative estimate of drug-likeness (QED) is 0.452. The molecule has 1 heterocycles. The standard InChI is InChI=1S/C24H21N3O3/c1-13-4-7-17(15(3)10-13)22-25-23(18-8-5-14(2)11-20(18)29)27-24(26-22)19-9-6-16(28)12-21(19)30/h4-12,28-30H,1-3H3. The largest absolute Gasteiger partial charge is 0.508 e. The Labute approximate surface area is 174 Å². The van der Waals surface area contributed by atoms with Crippen molar-refractivity contribution in [3.63, 3.8) is 0 Å².